The fourth-order valence-corrected chi connectivity index (χ4v) is 2.30. The molecule has 2 rings (SSSR count). The van der Waals surface area contributed by atoms with Crippen LogP contribution in [0.15, 0.2) is 18.2 Å². The van der Waals surface area contributed by atoms with E-state index in [0.29, 0.717) is 11.8 Å². The van der Waals surface area contributed by atoms with E-state index in [1.165, 1.54) is 0 Å². The third-order valence-corrected chi connectivity index (χ3v) is 3.71. The van der Waals surface area contributed by atoms with Crippen LogP contribution in [0.3, 0.4) is 0 Å². The average Bonchev–Trinajstić information content (AvgIpc) is 2.74. The molecule has 2 aromatic rings. The quantitative estimate of drug-likeness (QED) is 0.869. The molecule has 0 saturated carbocycles. The highest BCUT2D eigenvalue weighted by Gasteiger charge is 2.15. The Hall–Kier alpha value is -1.55. The van der Waals surface area contributed by atoms with Gasteiger partial charge in [-0.15, -0.1) is 0 Å². The summed E-state index contributed by atoms with van der Waals surface area (Å²) in [6.45, 7) is 7.34. The highest BCUT2D eigenvalue weighted by atomic mass is 16.3. The lowest BCUT2D eigenvalue weighted by molar-refractivity contribution is 0.193. The molecule has 0 aliphatic carbocycles. The Bertz CT molecular complexity index is 547. The topological polar surface area (TPSA) is 52.1 Å². The molecule has 0 saturated heterocycles. The molecule has 0 aliphatic rings. The second-order valence-electron chi connectivity index (χ2n) is 5.59. The lowest BCUT2D eigenvalue weighted by Crippen LogP contribution is -2.30. The molecule has 1 unspecified atom stereocenters. The molecule has 1 atom stereocenters. The Labute approximate surface area is 114 Å². The fourth-order valence-electron chi connectivity index (χ4n) is 2.30. The Morgan fingerprint density at radius 1 is 1.37 bits per heavy atom. The molecule has 104 valence electrons. The van der Waals surface area contributed by atoms with Crippen molar-refractivity contribution in [2.75, 3.05) is 25.1 Å². The average molecular weight is 261 g/mol. The van der Waals surface area contributed by atoms with E-state index in [9.17, 15) is 5.11 Å². The molecule has 0 aliphatic heterocycles. The van der Waals surface area contributed by atoms with E-state index in [4.69, 9.17) is 0 Å². The predicted octanol–water partition coefficient (Wildman–Crippen LogP) is 2.57. The van der Waals surface area contributed by atoms with E-state index >= 15 is 0 Å². The summed E-state index contributed by atoms with van der Waals surface area (Å²) in [5.74, 6) is 1.71. The number of aryl methyl sites for hydroxylation is 1. The molecule has 4 nitrogen and oxygen atoms in total. The van der Waals surface area contributed by atoms with Crippen LogP contribution in [0.4, 0.5) is 5.69 Å². The lowest BCUT2D eigenvalue weighted by Gasteiger charge is -2.27. The van der Waals surface area contributed by atoms with E-state index < -0.39 is 0 Å². The molecule has 1 heterocycles. The number of aromatic amines is 1. The van der Waals surface area contributed by atoms with Gasteiger partial charge in [-0.1, -0.05) is 13.8 Å². The van der Waals surface area contributed by atoms with Crippen LogP contribution in [0.2, 0.25) is 0 Å². The van der Waals surface area contributed by atoms with Crippen molar-refractivity contribution in [3.05, 3.63) is 24.0 Å². The third kappa shape index (κ3) is 3.07. The first-order valence-electron chi connectivity index (χ1n) is 6.79. The van der Waals surface area contributed by atoms with E-state index in [1.807, 2.05) is 13.0 Å². The largest absolute Gasteiger partial charge is 0.396 e. The summed E-state index contributed by atoms with van der Waals surface area (Å²) in [6, 6.07) is 6.23. The summed E-state index contributed by atoms with van der Waals surface area (Å²) in [5, 5.41) is 9.42. The van der Waals surface area contributed by atoms with E-state index in [-0.39, 0.29) is 6.61 Å². The van der Waals surface area contributed by atoms with Gasteiger partial charge < -0.3 is 15.0 Å². The Morgan fingerprint density at radius 2 is 2.11 bits per heavy atom. The fraction of sp³-hybridized carbons (Fsp3) is 0.533. The van der Waals surface area contributed by atoms with Crippen LogP contribution >= 0.6 is 0 Å². The molecule has 0 radical (unpaired) electrons. The van der Waals surface area contributed by atoms with Crippen molar-refractivity contribution in [3.63, 3.8) is 0 Å². The van der Waals surface area contributed by atoms with Crippen molar-refractivity contribution in [1.29, 1.82) is 0 Å². The van der Waals surface area contributed by atoms with Gasteiger partial charge in [0.25, 0.3) is 0 Å². The van der Waals surface area contributed by atoms with E-state index in [0.717, 1.165) is 29.1 Å². The molecule has 1 aromatic carbocycles. The van der Waals surface area contributed by atoms with Gasteiger partial charge in [0.15, 0.2) is 0 Å². The minimum absolute atomic E-state index is 0.230. The van der Waals surface area contributed by atoms with Crippen LogP contribution in [-0.4, -0.2) is 35.3 Å². The van der Waals surface area contributed by atoms with Crippen molar-refractivity contribution in [1.82, 2.24) is 9.97 Å². The van der Waals surface area contributed by atoms with E-state index in [1.54, 1.807) is 0 Å². The van der Waals surface area contributed by atoms with Gasteiger partial charge in [-0.3, -0.25) is 0 Å². The highest BCUT2D eigenvalue weighted by molar-refractivity contribution is 5.79. The number of aliphatic hydroxyl groups excluding tert-OH is 1. The molecule has 0 amide bonds. The van der Waals surface area contributed by atoms with Crippen molar-refractivity contribution < 1.29 is 5.11 Å². The molecule has 4 heteroatoms. The number of benzene rings is 1. The number of imidazole rings is 1. The van der Waals surface area contributed by atoms with Crippen LogP contribution in [0, 0.1) is 18.8 Å². The standard InChI is InChI=1S/C15H23N3O/c1-10(2)12(9-19)8-18(4)13-5-6-14-15(7-13)17-11(3)16-14/h5-7,10,12,19H,8-9H2,1-4H3,(H,16,17). The van der Waals surface area contributed by atoms with E-state index in [2.05, 4.69) is 47.9 Å². The second kappa shape index (κ2) is 5.61. The number of fused-ring (bicyclic) bond motifs is 1. The number of H-pyrrole nitrogens is 1. The molecule has 0 spiro atoms. The van der Waals surface area contributed by atoms with Crippen LogP contribution in [0.1, 0.15) is 19.7 Å². The monoisotopic (exact) mass is 261 g/mol. The number of hydrogen-bond acceptors (Lipinski definition) is 3. The molecule has 2 N–H and O–H groups in total. The van der Waals surface area contributed by atoms with Crippen molar-refractivity contribution >= 4 is 16.7 Å². The minimum Gasteiger partial charge on any atom is -0.396 e. The first kappa shape index (κ1) is 13.9. The zero-order valence-corrected chi connectivity index (χ0v) is 12.1. The van der Waals surface area contributed by atoms with Gasteiger partial charge >= 0.3 is 0 Å². The summed E-state index contributed by atoms with van der Waals surface area (Å²) < 4.78 is 0. The van der Waals surface area contributed by atoms with Crippen LogP contribution in [-0.2, 0) is 0 Å². The number of anilines is 1. The first-order chi connectivity index (χ1) is 9.01. The maximum absolute atomic E-state index is 9.42. The lowest BCUT2D eigenvalue weighted by atomic mass is 9.96. The SMILES string of the molecule is Cc1nc2ccc(N(C)CC(CO)C(C)C)cc2[nH]1. The number of aliphatic hydroxyl groups is 1. The molecule has 0 fully saturated rings. The summed E-state index contributed by atoms with van der Waals surface area (Å²) in [5.41, 5.74) is 3.21. The van der Waals surface area contributed by atoms with Crippen LogP contribution < -0.4 is 4.90 Å². The smallest absolute Gasteiger partial charge is 0.104 e. The molecule has 0 bridgehead atoms. The van der Waals surface area contributed by atoms with Gasteiger partial charge in [0.2, 0.25) is 0 Å². The number of rotatable bonds is 5. The first-order valence-corrected chi connectivity index (χ1v) is 6.79. The van der Waals surface area contributed by atoms with Crippen LogP contribution in [0.5, 0.6) is 0 Å². The Morgan fingerprint density at radius 3 is 2.74 bits per heavy atom. The highest BCUT2D eigenvalue weighted by Crippen LogP contribution is 2.22. The summed E-state index contributed by atoms with van der Waals surface area (Å²) in [7, 11) is 2.06. The van der Waals surface area contributed by atoms with Gasteiger partial charge in [0.1, 0.15) is 5.82 Å². The minimum atomic E-state index is 0.230. The molecular formula is C15H23N3O. The van der Waals surface area contributed by atoms with Gasteiger partial charge in [0, 0.05) is 31.8 Å². The van der Waals surface area contributed by atoms with Gasteiger partial charge in [-0.05, 0) is 31.0 Å². The maximum atomic E-state index is 9.42. The zero-order valence-electron chi connectivity index (χ0n) is 12.1. The summed E-state index contributed by atoms with van der Waals surface area (Å²) in [6.07, 6.45) is 0. The van der Waals surface area contributed by atoms with Crippen molar-refractivity contribution in [2.24, 2.45) is 11.8 Å². The number of aromatic nitrogens is 2. The molecular weight excluding hydrogens is 238 g/mol. The number of hydrogen-bond donors (Lipinski definition) is 2. The zero-order chi connectivity index (χ0) is 14.0. The summed E-state index contributed by atoms with van der Waals surface area (Å²) >= 11 is 0. The van der Waals surface area contributed by atoms with Crippen molar-refractivity contribution in [3.8, 4) is 0 Å². The normalized spacial score (nSPS) is 13.2. The number of nitrogens with one attached hydrogen (secondary N) is 1. The Kier molecular flexibility index (Phi) is 4.10. The maximum Gasteiger partial charge on any atom is 0.104 e. The summed E-state index contributed by atoms with van der Waals surface area (Å²) in [4.78, 5) is 9.85. The van der Waals surface area contributed by atoms with Crippen LogP contribution in [0.25, 0.3) is 11.0 Å². The second-order valence-corrected chi connectivity index (χ2v) is 5.59. The van der Waals surface area contributed by atoms with Gasteiger partial charge in [-0.2, -0.15) is 0 Å². The predicted molar refractivity (Wildman–Crippen MR) is 79.5 cm³/mol. The molecule has 1 aromatic heterocycles. The number of nitrogens with zero attached hydrogens (tertiary/aromatic N) is 2. The van der Waals surface area contributed by atoms with Gasteiger partial charge in [0.05, 0.1) is 11.0 Å². The Balaban J connectivity index is 2.18. The third-order valence-electron chi connectivity index (χ3n) is 3.71. The van der Waals surface area contributed by atoms with Gasteiger partial charge in [-0.25, -0.2) is 4.98 Å². The van der Waals surface area contributed by atoms with Crippen molar-refractivity contribution in [2.45, 2.75) is 20.8 Å². The molecule has 19 heavy (non-hydrogen) atoms.